The van der Waals surface area contributed by atoms with Crippen molar-refractivity contribution < 1.29 is 14.3 Å². The second-order valence-corrected chi connectivity index (χ2v) is 6.18. The molecular weight excluding hydrogens is 336 g/mol. The Labute approximate surface area is 151 Å². The van der Waals surface area contributed by atoms with Gasteiger partial charge in [-0.2, -0.15) is 10.2 Å². The lowest BCUT2D eigenvalue weighted by Gasteiger charge is -2.31. The van der Waals surface area contributed by atoms with Gasteiger partial charge < -0.3 is 15.0 Å². The molecule has 0 aromatic carbocycles. The molecule has 3 heterocycles. The second kappa shape index (κ2) is 8.13. The molecular formula is C17H24N6O3. The summed E-state index contributed by atoms with van der Waals surface area (Å²) in [5, 5.41) is 11.3. The molecule has 2 aromatic rings. The molecule has 2 aromatic heterocycles. The lowest BCUT2D eigenvalue weighted by molar-refractivity contribution is -0.137. The predicted molar refractivity (Wildman–Crippen MR) is 93.5 cm³/mol. The van der Waals surface area contributed by atoms with Crippen molar-refractivity contribution in [3.05, 3.63) is 35.9 Å². The van der Waals surface area contributed by atoms with Crippen LogP contribution in [0.3, 0.4) is 0 Å². The van der Waals surface area contributed by atoms with E-state index in [1.165, 1.54) is 0 Å². The number of rotatable bonds is 6. The van der Waals surface area contributed by atoms with Crippen molar-refractivity contribution in [3.8, 4) is 0 Å². The molecule has 1 saturated heterocycles. The fourth-order valence-electron chi connectivity index (χ4n) is 2.80. The van der Waals surface area contributed by atoms with Crippen LogP contribution in [-0.2, 0) is 22.6 Å². The number of hydrogen-bond acceptors (Lipinski definition) is 5. The lowest BCUT2D eigenvalue weighted by Crippen LogP contribution is -2.52. The van der Waals surface area contributed by atoms with E-state index in [0.717, 1.165) is 5.69 Å². The van der Waals surface area contributed by atoms with Gasteiger partial charge >= 0.3 is 0 Å². The van der Waals surface area contributed by atoms with Gasteiger partial charge in [-0.25, -0.2) is 0 Å². The first-order chi connectivity index (χ1) is 12.6. The first-order valence-corrected chi connectivity index (χ1v) is 8.79. The molecule has 2 amide bonds. The molecule has 140 valence electrons. The van der Waals surface area contributed by atoms with E-state index in [9.17, 15) is 9.59 Å². The standard InChI is InChI=1S/C17H24N6O3/c1-3-22-8-5-14(20-22)17(25)21-10-11-26-15(12-21)16(24)18-6-9-23-7-4-13(2)19-23/h4-5,7-8,15H,3,6,9-12H2,1-2H3,(H,18,24). The third kappa shape index (κ3) is 4.29. The Morgan fingerprint density at radius 3 is 2.77 bits per heavy atom. The van der Waals surface area contributed by atoms with Gasteiger partial charge in [-0.3, -0.25) is 19.0 Å². The molecule has 0 radical (unpaired) electrons. The maximum Gasteiger partial charge on any atom is 0.274 e. The van der Waals surface area contributed by atoms with E-state index in [0.29, 0.717) is 38.5 Å². The number of aryl methyl sites for hydroxylation is 2. The van der Waals surface area contributed by atoms with Crippen LogP contribution in [0.1, 0.15) is 23.1 Å². The van der Waals surface area contributed by atoms with Crippen LogP contribution in [0.4, 0.5) is 0 Å². The number of amides is 2. The normalized spacial score (nSPS) is 17.3. The molecule has 1 aliphatic rings. The van der Waals surface area contributed by atoms with Crippen LogP contribution in [0.5, 0.6) is 0 Å². The van der Waals surface area contributed by atoms with E-state index in [4.69, 9.17) is 4.74 Å². The fraction of sp³-hybridized carbons (Fsp3) is 0.529. The third-order valence-corrected chi connectivity index (χ3v) is 4.24. The Kier molecular flexibility index (Phi) is 5.67. The second-order valence-electron chi connectivity index (χ2n) is 6.18. The van der Waals surface area contributed by atoms with Gasteiger partial charge in [0.05, 0.1) is 25.4 Å². The number of hydrogen-bond donors (Lipinski definition) is 1. The Bertz CT molecular complexity index is 768. The summed E-state index contributed by atoms with van der Waals surface area (Å²) >= 11 is 0. The Balaban J connectivity index is 1.50. The molecule has 1 N–H and O–H groups in total. The van der Waals surface area contributed by atoms with E-state index >= 15 is 0 Å². The summed E-state index contributed by atoms with van der Waals surface area (Å²) in [6.07, 6.45) is 2.98. The van der Waals surface area contributed by atoms with Gasteiger partial charge in [-0.05, 0) is 26.0 Å². The van der Waals surface area contributed by atoms with Gasteiger partial charge in [0.25, 0.3) is 11.8 Å². The molecule has 1 atom stereocenters. The molecule has 9 nitrogen and oxygen atoms in total. The van der Waals surface area contributed by atoms with Crippen LogP contribution in [0.2, 0.25) is 0 Å². The van der Waals surface area contributed by atoms with Crippen molar-refractivity contribution in [1.29, 1.82) is 0 Å². The highest BCUT2D eigenvalue weighted by Gasteiger charge is 2.30. The summed E-state index contributed by atoms with van der Waals surface area (Å²) in [6, 6.07) is 3.61. The number of carbonyl (C=O) groups excluding carboxylic acids is 2. The van der Waals surface area contributed by atoms with Crippen molar-refractivity contribution in [2.24, 2.45) is 0 Å². The summed E-state index contributed by atoms with van der Waals surface area (Å²) in [5.41, 5.74) is 1.33. The highest BCUT2D eigenvalue weighted by atomic mass is 16.5. The Morgan fingerprint density at radius 2 is 2.08 bits per heavy atom. The van der Waals surface area contributed by atoms with E-state index < -0.39 is 6.10 Å². The quantitative estimate of drug-likeness (QED) is 0.786. The summed E-state index contributed by atoms with van der Waals surface area (Å²) in [5.74, 6) is -0.393. The van der Waals surface area contributed by atoms with Crippen molar-refractivity contribution in [2.75, 3.05) is 26.2 Å². The Morgan fingerprint density at radius 1 is 1.27 bits per heavy atom. The zero-order chi connectivity index (χ0) is 18.5. The van der Waals surface area contributed by atoms with Crippen LogP contribution in [-0.4, -0.2) is 68.6 Å². The summed E-state index contributed by atoms with van der Waals surface area (Å²) in [4.78, 5) is 26.5. The molecule has 1 unspecified atom stereocenters. The molecule has 1 aliphatic heterocycles. The number of carbonyl (C=O) groups is 2. The van der Waals surface area contributed by atoms with Gasteiger partial charge in [-0.15, -0.1) is 0 Å². The molecule has 0 aliphatic carbocycles. The minimum atomic E-state index is -0.666. The van der Waals surface area contributed by atoms with E-state index in [1.54, 1.807) is 26.5 Å². The van der Waals surface area contributed by atoms with Crippen molar-refractivity contribution in [2.45, 2.75) is 33.0 Å². The zero-order valence-corrected chi connectivity index (χ0v) is 15.1. The average molecular weight is 360 g/mol. The maximum absolute atomic E-state index is 12.5. The van der Waals surface area contributed by atoms with Crippen LogP contribution in [0.15, 0.2) is 24.5 Å². The van der Waals surface area contributed by atoms with E-state index in [2.05, 4.69) is 15.5 Å². The smallest absolute Gasteiger partial charge is 0.274 e. The third-order valence-electron chi connectivity index (χ3n) is 4.24. The number of ether oxygens (including phenoxy) is 1. The molecule has 1 fully saturated rings. The van der Waals surface area contributed by atoms with E-state index in [1.807, 2.05) is 26.1 Å². The molecule has 26 heavy (non-hydrogen) atoms. The van der Waals surface area contributed by atoms with Crippen molar-refractivity contribution in [1.82, 2.24) is 29.8 Å². The summed E-state index contributed by atoms with van der Waals surface area (Å²) < 4.78 is 9.01. The molecule has 9 heteroatoms. The summed E-state index contributed by atoms with van der Waals surface area (Å²) in [6.45, 7) is 6.63. The topological polar surface area (TPSA) is 94.3 Å². The highest BCUT2D eigenvalue weighted by molar-refractivity contribution is 5.93. The van der Waals surface area contributed by atoms with Gasteiger partial charge in [-0.1, -0.05) is 0 Å². The van der Waals surface area contributed by atoms with Crippen LogP contribution in [0, 0.1) is 6.92 Å². The lowest BCUT2D eigenvalue weighted by atomic mass is 10.2. The van der Waals surface area contributed by atoms with Crippen LogP contribution < -0.4 is 5.32 Å². The molecule has 0 bridgehead atoms. The van der Waals surface area contributed by atoms with Gasteiger partial charge in [0.15, 0.2) is 6.10 Å². The fourth-order valence-corrected chi connectivity index (χ4v) is 2.80. The van der Waals surface area contributed by atoms with Gasteiger partial charge in [0.2, 0.25) is 0 Å². The zero-order valence-electron chi connectivity index (χ0n) is 15.1. The van der Waals surface area contributed by atoms with Gasteiger partial charge in [0, 0.05) is 32.0 Å². The maximum atomic E-state index is 12.5. The van der Waals surface area contributed by atoms with Crippen molar-refractivity contribution >= 4 is 11.8 Å². The van der Waals surface area contributed by atoms with Gasteiger partial charge in [0.1, 0.15) is 5.69 Å². The number of aromatic nitrogens is 4. The predicted octanol–water partition coefficient (Wildman–Crippen LogP) is 0.0653. The number of nitrogens with one attached hydrogen (secondary N) is 1. The molecule has 3 rings (SSSR count). The number of morpholine rings is 1. The average Bonchev–Trinajstić information content (AvgIpc) is 3.30. The molecule has 0 spiro atoms. The van der Waals surface area contributed by atoms with Crippen LogP contribution in [0.25, 0.3) is 0 Å². The van der Waals surface area contributed by atoms with Crippen molar-refractivity contribution in [3.63, 3.8) is 0 Å². The SMILES string of the molecule is CCn1ccc(C(=O)N2CCOC(C(=O)NCCn3ccc(C)n3)C2)n1. The molecule has 0 saturated carbocycles. The Hall–Kier alpha value is -2.68. The first-order valence-electron chi connectivity index (χ1n) is 8.79. The van der Waals surface area contributed by atoms with Crippen LogP contribution >= 0.6 is 0 Å². The monoisotopic (exact) mass is 360 g/mol. The first kappa shape index (κ1) is 18.1. The number of nitrogens with zero attached hydrogens (tertiary/aromatic N) is 5. The van der Waals surface area contributed by atoms with E-state index in [-0.39, 0.29) is 18.4 Å². The minimum Gasteiger partial charge on any atom is -0.365 e. The minimum absolute atomic E-state index is 0.176. The highest BCUT2D eigenvalue weighted by Crippen LogP contribution is 2.10. The largest absolute Gasteiger partial charge is 0.365 e. The summed E-state index contributed by atoms with van der Waals surface area (Å²) in [7, 11) is 0.